The molecule has 0 aromatic heterocycles. The lowest BCUT2D eigenvalue weighted by molar-refractivity contribution is -0.141. The Labute approximate surface area is 124 Å². The Bertz CT molecular complexity index is 494. The van der Waals surface area contributed by atoms with Crippen molar-refractivity contribution in [3.8, 4) is 0 Å². The fourth-order valence-corrected chi connectivity index (χ4v) is 1.79. The average Bonchev–Trinajstić information content (AvgIpc) is 2.46. The first-order valence-electron chi connectivity index (χ1n) is 6.66. The van der Waals surface area contributed by atoms with Crippen LogP contribution in [0.1, 0.15) is 12.0 Å². The van der Waals surface area contributed by atoms with Gasteiger partial charge in [-0.1, -0.05) is 18.2 Å². The summed E-state index contributed by atoms with van der Waals surface area (Å²) in [5.74, 6) is -0.768. The van der Waals surface area contributed by atoms with Crippen LogP contribution in [-0.2, 0) is 20.9 Å². The van der Waals surface area contributed by atoms with Crippen molar-refractivity contribution in [2.75, 3.05) is 34.3 Å². The summed E-state index contributed by atoms with van der Waals surface area (Å²) in [6, 6.07) is 6.37. The lowest BCUT2D eigenvalue weighted by Crippen LogP contribution is -2.37. The third-order valence-corrected chi connectivity index (χ3v) is 3.12. The lowest BCUT2D eigenvalue weighted by Gasteiger charge is -2.21. The summed E-state index contributed by atoms with van der Waals surface area (Å²) in [6.07, 6.45) is 0.233. The van der Waals surface area contributed by atoms with Gasteiger partial charge in [0.15, 0.2) is 0 Å². The molecule has 21 heavy (non-hydrogen) atoms. The number of carbonyl (C=O) groups excluding carboxylic acids is 2. The second-order valence-corrected chi connectivity index (χ2v) is 4.91. The normalized spacial score (nSPS) is 10.5. The van der Waals surface area contributed by atoms with Crippen molar-refractivity contribution in [3.63, 3.8) is 0 Å². The Hall–Kier alpha value is -1.95. The van der Waals surface area contributed by atoms with E-state index >= 15 is 0 Å². The Balaban J connectivity index is 2.44. The van der Waals surface area contributed by atoms with Crippen molar-refractivity contribution in [1.29, 1.82) is 0 Å². The molecule has 0 atom stereocenters. The third-order valence-electron chi connectivity index (χ3n) is 3.12. The quantitative estimate of drug-likeness (QED) is 0.711. The second kappa shape index (κ2) is 8.36. The van der Waals surface area contributed by atoms with Gasteiger partial charge in [-0.3, -0.25) is 14.5 Å². The van der Waals surface area contributed by atoms with E-state index in [1.54, 1.807) is 37.2 Å². The van der Waals surface area contributed by atoms with E-state index in [0.717, 1.165) is 0 Å². The summed E-state index contributed by atoms with van der Waals surface area (Å²) < 4.78 is 18.1. The van der Waals surface area contributed by atoms with Crippen molar-refractivity contribution < 1.29 is 18.7 Å². The molecule has 6 heteroatoms. The molecule has 1 aromatic rings. The second-order valence-electron chi connectivity index (χ2n) is 4.91. The number of carbonyl (C=O) groups is 2. The highest BCUT2D eigenvalue weighted by Gasteiger charge is 2.14. The van der Waals surface area contributed by atoms with E-state index in [9.17, 15) is 14.0 Å². The van der Waals surface area contributed by atoms with Gasteiger partial charge in [-0.15, -0.1) is 0 Å². The van der Waals surface area contributed by atoms with E-state index in [4.69, 9.17) is 0 Å². The van der Waals surface area contributed by atoms with E-state index in [0.29, 0.717) is 12.1 Å². The molecule has 1 rings (SSSR count). The summed E-state index contributed by atoms with van der Waals surface area (Å²) in [7, 11) is 4.70. The summed E-state index contributed by atoms with van der Waals surface area (Å²) in [5, 5.41) is 0. The van der Waals surface area contributed by atoms with Crippen molar-refractivity contribution >= 4 is 11.9 Å². The van der Waals surface area contributed by atoms with Crippen LogP contribution in [0, 0.1) is 5.82 Å². The molecule has 0 saturated carbocycles. The number of hydrogen-bond donors (Lipinski definition) is 0. The van der Waals surface area contributed by atoms with E-state index in [1.165, 1.54) is 18.1 Å². The van der Waals surface area contributed by atoms with Crippen LogP contribution in [0.2, 0.25) is 0 Å². The van der Waals surface area contributed by atoms with Crippen molar-refractivity contribution in [1.82, 2.24) is 9.80 Å². The molecule has 0 aliphatic rings. The van der Waals surface area contributed by atoms with Gasteiger partial charge in [0.05, 0.1) is 20.1 Å². The first kappa shape index (κ1) is 17.1. The monoisotopic (exact) mass is 296 g/mol. The summed E-state index contributed by atoms with van der Waals surface area (Å²) in [4.78, 5) is 26.3. The largest absolute Gasteiger partial charge is 0.469 e. The number of ether oxygens (including phenoxy) is 1. The van der Waals surface area contributed by atoms with Crippen molar-refractivity contribution in [2.45, 2.75) is 13.0 Å². The SMILES string of the molecule is COC(=O)CCN(C)CC(=O)N(C)Cc1ccccc1F. The van der Waals surface area contributed by atoms with E-state index in [2.05, 4.69) is 4.74 Å². The molecule has 0 heterocycles. The molecule has 0 aliphatic carbocycles. The molecule has 0 aliphatic heterocycles. The van der Waals surface area contributed by atoms with E-state index in [-0.39, 0.29) is 37.2 Å². The van der Waals surface area contributed by atoms with E-state index < -0.39 is 0 Å². The number of nitrogens with zero attached hydrogens (tertiary/aromatic N) is 2. The summed E-state index contributed by atoms with van der Waals surface area (Å²) in [5.41, 5.74) is 0.477. The highest BCUT2D eigenvalue weighted by molar-refractivity contribution is 5.78. The Kier molecular flexibility index (Phi) is 6.81. The molecule has 0 N–H and O–H groups in total. The highest BCUT2D eigenvalue weighted by atomic mass is 19.1. The first-order chi connectivity index (χ1) is 9.93. The predicted octanol–water partition coefficient (Wildman–Crippen LogP) is 1.28. The maximum absolute atomic E-state index is 13.5. The van der Waals surface area contributed by atoms with Gasteiger partial charge in [-0.05, 0) is 13.1 Å². The molecule has 1 amide bonds. The number of benzene rings is 1. The molecule has 0 bridgehead atoms. The number of halogens is 1. The summed E-state index contributed by atoms with van der Waals surface area (Å²) >= 11 is 0. The zero-order valence-corrected chi connectivity index (χ0v) is 12.6. The summed E-state index contributed by atoms with van der Waals surface area (Å²) in [6.45, 7) is 0.824. The average molecular weight is 296 g/mol. The number of rotatable bonds is 7. The predicted molar refractivity (Wildman–Crippen MR) is 77.0 cm³/mol. The van der Waals surface area contributed by atoms with Crippen LogP contribution in [0.3, 0.4) is 0 Å². The minimum absolute atomic E-state index is 0.134. The topological polar surface area (TPSA) is 49.9 Å². The molecule has 5 nitrogen and oxygen atoms in total. The molecule has 0 radical (unpaired) electrons. The van der Waals surface area contributed by atoms with Crippen molar-refractivity contribution in [2.24, 2.45) is 0 Å². The van der Waals surface area contributed by atoms with Crippen LogP contribution in [-0.4, -0.2) is 56.0 Å². The maximum Gasteiger partial charge on any atom is 0.306 e. The van der Waals surface area contributed by atoms with Gasteiger partial charge >= 0.3 is 5.97 Å². The zero-order valence-electron chi connectivity index (χ0n) is 12.6. The van der Waals surface area contributed by atoms with Gasteiger partial charge in [-0.25, -0.2) is 4.39 Å². The standard InChI is InChI=1S/C15H21FN2O3/c1-17(9-8-15(20)21-3)11-14(19)18(2)10-12-6-4-5-7-13(12)16/h4-7H,8-11H2,1-3H3. The molecule has 0 spiro atoms. The number of hydrogen-bond acceptors (Lipinski definition) is 4. The van der Waals surface area contributed by atoms with Crippen LogP contribution in [0.4, 0.5) is 4.39 Å². The number of amides is 1. The van der Waals surface area contributed by atoms with Crippen LogP contribution in [0.15, 0.2) is 24.3 Å². The molecular formula is C15H21FN2O3. The van der Waals surface area contributed by atoms with E-state index in [1.807, 2.05) is 0 Å². The Morgan fingerprint density at radius 3 is 2.52 bits per heavy atom. The number of methoxy groups -OCH3 is 1. The fourth-order valence-electron chi connectivity index (χ4n) is 1.79. The third kappa shape index (κ3) is 5.91. The van der Waals surface area contributed by atoms with Gasteiger partial charge in [0.25, 0.3) is 0 Å². The number of likely N-dealkylation sites (N-methyl/N-ethyl adjacent to an activating group) is 2. The Morgan fingerprint density at radius 2 is 1.90 bits per heavy atom. The van der Waals surface area contributed by atoms with Crippen LogP contribution >= 0.6 is 0 Å². The molecule has 0 unspecified atom stereocenters. The number of esters is 1. The van der Waals surface area contributed by atoms with Gasteiger partial charge < -0.3 is 9.64 Å². The Morgan fingerprint density at radius 1 is 1.24 bits per heavy atom. The van der Waals surface area contributed by atoms with Crippen LogP contribution in [0.5, 0.6) is 0 Å². The highest BCUT2D eigenvalue weighted by Crippen LogP contribution is 2.09. The minimum Gasteiger partial charge on any atom is -0.469 e. The van der Waals surface area contributed by atoms with Gasteiger partial charge in [0.2, 0.25) is 5.91 Å². The van der Waals surface area contributed by atoms with Gasteiger partial charge in [-0.2, -0.15) is 0 Å². The smallest absolute Gasteiger partial charge is 0.306 e. The molecule has 0 saturated heterocycles. The van der Waals surface area contributed by atoms with Crippen LogP contribution < -0.4 is 0 Å². The fraction of sp³-hybridized carbons (Fsp3) is 0.467. The minimum atomic E-state index is -0.323. The van der Waals surface area contributed by atoms with Gasteiger partial charge in [0.1, 0.15) is 5.82 Å². The lowest BCUT2D eigenvalue weighted by atomic mass is 10.2. The molecular weight excluding hydrogens is 275 g/mol. The molecule has 0 fully saturated rings. The molecule has 116 valence electrons. The van der Waals surface area contributed by atoms with Crippen LogP contribution in [0.25, 0.3) is 0 Å². The van der Waals surface area contributed by atoms with Crippen molar-refractivity contribution in [3.05, 3.63) is 35.6 Å². The first-order valence-corrected chi connectivity index (χ1v) is 6.66. The molecule has 1 aromatic carbocycles. The maximum atomic E-state index is 13.5. The van der Waals surface area contributed by atoms with Gasteiger partial charge in [0, 0.05) is 25.7 Å². The zero-order chi connectivity index (χ0) is 15.8.